The van der Waals surface area contributed by atoms with Crippen molar-refractivity contribution in [3.8, 4) is 0 Å². The van der Waals surface area contributed by atoms with Crippen LogP contribution in [0.5, 0.6) is 0 Å². The number of hydrogen-bond donors (Lipinski definition) is 1. The molecule has 0 aromatic carbocycles. The van der Waals surface area contributed by atoms with Gasteiger partial charge in [0.25, 0.3) is 0 Å². The second-order valence-electron chi connectivity index (χ2n) is 5.61. The first kappa shape index (κ1) is 10.3. The van der Waals surface area contributed by atoms with Crippen LogP contribution in [0.15, 0.2) is 12.4 Å². The number of hydrogen-bond acceptors (Lipinski definition) is 2. The van der Waals surface area contributed by atoms with Crippen molar-refractivity contribution in [1.82, 2.24) is 9.78 Å². The van der Waals surface area contributed by atoms with Crippen LogP contribution in [0.4, 0.5) is 0 Å². The van der Waals surface area contributed by atoms with E-state index in [1.807, 2.05) is 10.9 Å². The molecule has 1 aromatic rings. The topological polar surface area (TPSA) is 38.1 Å². The summed E-state index contributed by atoms with van der Waals surface area (Å²) in [5, 5.41) is 13.8. The van der Waals surface area contributed by atoms with E-state index in [0.717, 1.165) is 29.9 Å². The Morgan fingerprint density at radius 3 is 2.94 bits per heavy atom. The van der Waals surface area contributed by atoms with E-state index in [2.05, 4.69) is 5.10 Å². The highest BCUT2D eigenvalue weighted by molar-refractivity contribution is 5.06. The lowest BCUT2D eigenvalue weighted by atomic mass is 9.89. The van der Waals surface area contributed by atoms with Crippen molar-refractivity contribution in [3.05, 3.63) is 18.0 Å². The maximum absolute atomic E-state index is 9.45. The fraction of sp³-hybridized carbons (Fsp3) is 0.769. The van der Waals surface area contributed by atoms with E-state index in [1.54, 1.807) is 13.1 Å². The second kappa shape index (κ2) is 3.88. The van der Waals surface area contributed by atoms with Gasteiger partial charge in [-0.3, -0.25) is 4.68 Å². The summed E-state index contributed by atoms with van der Waals surface area (Å²) in [5.74, 6) is 2.78. The fourth-order valence-electron chi connectivity index (χ4n) is 3.54. The minimum Gasteiger partial charge on any atom is -0.389 e. The van der Waals surface area contributed by atoms with Crippen LogP contribution < -0.4 is 0 Å². The Morgan fingerprint density at radius 2 is 2.38 bits per heavy atom. The maximum Gasteiger partial charge on any atom is 0.0792 e. The van der Waals surface area contributed by atoms with Gasteiger partial charge >= 0.3 is 0 Å². The van der Waals surface area contributed by atoms with Crippen LogP contribution in [0, 0.1) is 17.8 Å². The first-order chi connectivity index (χ1) is 7.72. The SMILES string of the molecule is CC(O)c1cnn(CC2CC3CCC2C3)c1. The lowest BCUT2D eigenvalue weighted by molar-refractivity contribution is 0.199. The normalized spacial score (nSPS) is 34.5. The quantitative estimate of drug-likeness (QED) is 0.849. The van der Waals surface area contributed by atoms with Crippen LogP contribution >= 0.6 is 0 Å². The zero-order valence-electron chi connectivity index (χ0n) is 9.84. The van der Waals surface area contributed by atoms with Gasteiger partial charge in [0.15, 0.2) is 0 Å². The van der Waals surface area contributed by atoms with Crippen LogP contribution in [0.3, 0.4) is 0 Å². The van der Waals surface area contributed by atoms with Crippen LogP contribution in [-0.4, -0.2) is 14.9 Å². The smallest absolute Gasteiger partial charge is 0.0792 e. The van der Waals surface area contributed by atoms with E-state index in [4.69, 9.17) is 0 Å². The van der Waals surface area contributed by atoms with Crippen molar-refractivity contribution in [2.45, 2.75) is 45.3 Å². The van der Waals surface area contributed by atoms with Crippen LogP contribution in [0.2, 0.25) is 0 Å². The molecule has 2 aliphatic carbocycles. The molecule has 0 spiro atoms. The molecule has 1 N–H and O–H groups in total. The van der Waals surface area contributed by atoms with E-state index in [9.17, 15) is 5.11 Å². The van der Waals surface area contributed by atoms with E-state index >= 15 is 0 Å². The van der Waals surface area contributed by atoms with Gasteiger partial charge in [-0.25, -0.2) is 0 Å². The van der Waals surface area contributed by atoms with E-state index in [0.29, 0.717) is 0 Å². The Morgan fingerprint density at radius 1 is 1.50 bits per heavy atom. The molecule has 0 saturated heterocycles. The second-order valence-corrected chi connectivity index (χ2v) is 5.61. The van der Waals surface area contributed by atoms with Crippen molar-refractivity contribution < 1.29 is 5.11 Å². The molecule has 16 heavy (non-hydrogen) atoms. The average molecular weight is 220 g/mol. The van der Waals surface area contributed by atoms with Gasteiger partial charge < -0.3 is 5.11 Å². The highest BCUT2D eigenvalue weighted by Crippen LogP contribution is 2.48. The van der Waals surface area contributed by atoms with Crippen molar-refractivity contribution in [1.29, 1.82) is 0 Å². The summed E-state index contributed by atoms with van der Waals surface area (Å²) >= 11 is 0. The van der Waals surface area contributed by atoms with Crippen molar-refractivity contribution in [2.75, 3.05) is 0 Å². The first-order valence-corrected chi connectivity index (χ1v) is 6.43. The number of nitrogens with zero attached hydrogens (tertiary/aromatic N) is 2. The molecule has 1 aromatic heterocycles. The number of aliphatic hydroxyl groups excluding tert-OH is 1. The number of fused-ring (bicyclic) bond motifs is 2. The molecule has 4 atom stereocenters. The highest BCUT2D eigenvalue weighted by Gasteiger charge is 2.39. The Bertz CT molecular complexity index is 372. The summed E-state index contributed by atoms with van der Waals surface area (Å²) < 4.78 is 2.02. The first-order valence-electron chi connectivity index (χ1n) is 6.43. The third kappa shape index (κ3) is 1.77. The molecule has 2 saturated carbocycles. The van der Waals surface area contributed by atoms with Crippen molar-refractivity contribution in [3.63, 3.8) is 0 Å². The minimum atomic E-state index is -0.395. The predicted molar refractivity (Wildman–Crippen MR) is 61.8 cm³/mol. The Kier molecular flexibility index (Phi) is 2.51. The zero-order valence-corrected chi connectivity index (χ0v) is 9.84. The zero-order chi connectivity index (χ0) is 11.1. The summed E-state index contributed by atoms with van der Waals surface area (Å²) in [5.41, 5.74) is 0.933. The Balaban J connectivity index is 1.65. The van der Waals surface area contributed by atoms with Crippen molar-refractivity contribution in [2.24, 2.45) is 17.8 Å². The molecule has 3 rings (SSSR count). The molecule has 1 heterocycles. The third-order valence-corrected chi connectivity index (χ3v) is 4.44. The minimum absolute atomic E-state index is 0.395. The molecular formula is C13H20N2O. The van der Waals surface area contributed by atoms with Crippen LogP contribution in [0.1, 0.15) is 44.3 Å². The molecule has 0 radical (unpaired) electrons. The van der Waals surface area contributed by atoms with Gasteiger partial charge in [-0.05, 0) is 43.9 Å². The molecule has 4 unspecified atom stereocenters. The summed E-state index contributed by atoms with van der Waals surface area (Å²) in [6.07, 6.45) is 9.13. The van der Waals surface area contributed by atoms with Crippen LogP contribution in [-0.2, 0) is 6.54 Å². The van der Waals surface area contributed by atoms with Gasteiger partial charge in [-0.2, -0.15) is 5.10 Å². The maximum atomic E-state index is 9.45. The number of aliphatic hydroxyl groups is 1. The molecule has 2 bridgehead atoms. The molecule has 0 amide bonds. The largest absolute Gasteiger partial charge is 0.389 e. The average Bonchev–Trinajstić information content (AvgIpc) is 2.91. The number of aromatic nitrogens is 2. The lowest BCUT2D eigenvalue weighted by Crippen LogP contribution is -2.17. The molecule has 3 heteroatoms. The monoisotopic (exact) mass is 220 g/mol. The lowest BCUT2D eigenvalue weighted by Gasteiger charge is -2.21. The molecule has 0 aliphatic heterocycles. The Labute approximate surface area is 96.5 Å². The van der Waals surface area contributed by atoms with E-state index < -0.39 is 6.10 Å². The van der Waals surface area contributed by atoms with Gasteiger partial charge in [0.05, 0.1) is 12.3 Å². The van der Waals surface area contributed by atoms with E-state index in [-0.39, 0.29) is 0 Å². The van der Waals surface area contributed by atoms with Crippen LogP contribution in [0.25, 0.3) is 0 Å². The molecule has 3 nitrogen and oxygen atoms in total. The fourth-order valence-corrected chi connectivity index (χ4v) is 3.54. The summed E-state index contributed by atoms with van der Waals surface area (Å²) in [6, 6.07) is 0. The third-order valence-electron chi connectivity index (χ3n) is 4.44. The highest BCUT2D eigenvalue weighted by atomic mass is 16.3. The van der Waals surface area contributed by atoms with Gasteiger partial charge in [0.1, 0.15) is 0 Å². The van der Waals surface area contributed by atoms with Gasteiger partial charge in [-0.15, -0.1) is 0 Å². The van der Waals surface area contributed by atoms with Gasteiger partial charge in [-0.1, -0.05) is 6.42 Å². The molecule has 88 valence electrons. The summed E-state index contributed by atoms with van der Waals surface area (Å²) in [6.45, 7) is 2.84. The van der Waals surface area contributed by atoms with Crippen molar-refractivity contribution >= 4 is 0 Å². The predicted octanol–water partition coefficient (Wildman–Crippen LogP) is 2.37. The summed E-state index contributed by atoms with van der Waals surface area (Å²) in [4.78, 5) is 0. The molecular weight excluding hydrogens is 200 g/mol. The summed E-state index contributed by atoms with van der Waals surface area (Å²) in [7, 11) is 0. The molecule has 2 aliphatic rings. The standard InChI is InChI=1S/C13H20N2O/c1-9(16)13-6-14-15(8-13)7-12-5-10-2-3-11(12)4-10/h6,8-12,16H,2-5,7H2,1H3. The Hall–Kier alpha value is -0.830. The number of rotatable bonds is 3. The van der Waals surface area contributed by atoms with Gasteiger partial charge in [0, 0.05) is 18.3 Å². The van der Waals surface area contributed by atoms with Gasteiger partial charge in [0.2, 0.25) is 0 Å². The molecule has 2 fully saturated rings. The van der Waals surface area contributed by atoms with E-state index in [1.165, 1.54) is 25.7 Å².